The first-order chi connectivity index (χ1) is 18.0. The van der Waals surface area contributed by atoms with Crippen LogP contribution in [0.4, 0.5) is 14.6 Å². The van der Waals surface area contributed by atoms with E-state index in [-0.39, 0.29) is 18.6 Å². The molecule has 9 heteroatoms. The van der Waals surface area contributed by atoms with Crippen LogP contribution in [-0.4, -0.2) is 45.3 Å². The highest BCUT2D eigenvalue weighted by atomic mass is 19.1. The molecular weight excluding hydrogens is 476 g/mol. The lowest BCUT2D eigenvalue weighted by atomic mass is 10.0. The van der Waals surface area contributed by atoms with Gasteiger partial charge in [-0.05, 0) is 67.5 Å². The van der Waals surface area contributed by atoms with Crippen LogP contribution in [0, 0.1) is 11.6 Å². The summed E-state index contributed by atoms with van der Waals surface area (Å²) in [5, 5.41) is 16.2. The molecule has 37 heavy (non-hydrogen) atoms. The number of aliphatic hydroxyl groups excluding tert-OH is 1. The number of nitrogens with zero attached hydrogens (tertiary/aromatic N) is 4. The second kappa shape index (κ2) is 11.0. The van der Waals surface area contributed by atoms with Crippen LogP contribution < -0.4 is 10.2 Å². The number of aliphatic hydroxyl groups is 1. The molecule has 0 aliphatic carbocycles. The Morgan fingerprint density at radius 2 is 1.86 bits per heavy atom. The van der Waals surface area contributed by atoms with Gasteiger partial charge in [0.25, 0.3) is 5.91 Å². The number of carbonyl (C=O) groups is 1. The van der Waals surface area contributed by atoms with Crippen LogP contribution in [0.3, 0.4) is 0 Å². The molecule has 7 nitrogen and oxygen atoms in total. The smallest absolute Gasteiger partial charge is 0.256 e. The molecule has 2 aromatic heterocycles. The minimum atomic E-state index is -0.472. The summed E-state index contributed by atoms with van der Waals surface area (Å²) in [6.07, 6.45) is 6.98. The summed E-state index contributed by atoms with van der Waals surface area (Å²) < 4.78 is 29.9. The number of carbonyl (C=O) groups excluding carboxylic acids is 1. The number of anilines is 1. The van der Waals surface area contributed by atoms with Crippen molar-refractivity contribution in [1.29, 1.82) is 0 Å². The van der Waals surface area contributed by atoms with E-state index in [1.54, 1.807) is 16.8 Å². The number of hydrogen-bond donors (Lipinski definition) is 2. The molecule has 0 unspecified atom stereocenters. The fourth-order valence-electron chi connectivity index (χ4n) is 4.91. The van der Waals surface area contributed by atoms with Crippen LogP contribution >= 0.6 is 0 Å². The molecule has 4 aromatic rings. The number of aromatic nitrogens is 3. The summed E-state index contributed by atoms with van der Waals surface area (Å²) >= 11 is 0. The third-order valence-electron chi connectivity index (χ3n) is 6.81. The maximum atomic E-state index is 14.5. The second-order valence-corrected chi connectivity index (χ2v) is 9.28. The molecule has 1 aliphatic rings. The minimum Gasteiger partial charge on any atom is -0.396 e. The van der Waals surface area contributed by atoms with Crippen LogP contribution in [0.25, 0.3) is 5.65 Å². The van der Waals surface area contributed by atoms with Crippen LogP contribution in [0.2, 0.25) is 0 Å². The number of hydrogen-bond acceptors (Lipinski definition) is 5. The van der Waals surface area contributed by atoms with Gasteiger partial charge in [0.1, 0.15) is 23.0 Å². The van der Waals surface area contributed by atoms with Crippen molar-refractivity contribution in [3.8, 4) is 0 Å². The Bertz CT molecular complexity index is 1390. The number of nitrogens with one attached hydrogen (secondary N) is 1. The molecule has 2 N–H and O–H groups in total. The van der Waals surface area contributed by atoms with E-state index in [1.165, 1.54) is 17.8 Å². The van der Waals surface area contributed by atoms with Crippen LogP contribution in [-0.2, 0) is 12.8 Å². The SMILES string of the molecule is O=C(NCCCc1ccc(CCO)cc1)c1cnn2ccc(N3CCC[C@@H]3c3cc(F)ccc3F)nc12. The van der Waals surface area contributed by atoms with E-state index in [0.717, 1.165) is 37.0 Å². The van der Waals surface area contributed by atoms with Gasteiger partial charge in [-0.25, -0.2) is 18.3 Å². The molecule has 3 heterocycles. The lowest BCUT2D eigenvalue weighted by Gasteiger charge is -2.26. The van der Waals surface area contributed by atoms with Crippen molar-refractivity contribution in [1.82, 2.24) is 19.9 Å². The van der Waals surface area contributed by atoms with Gasteiger partial charge in [0.2, 0.25) is 0 Å². The Kier molecular flexibility index (Phi) is 7.41. The Labute approximate surface area is 213 Å². The number of halogens is 2. The van der Waals surface area contributed by atoms with Gasteiger partial charge in [0.15, 0.2) is 5.65 Å². The average Bonchev–Trinajstić information content (AvgIpc) is 3.56. The third-order valence-corrected chi connectivity index (χ3v) is 6.81. The van der Waals surface area contributed by atoms with Gasteiger partial charge >= 0.3 is 0 Å². The van der Waals surface area contributed by atoms with Gasteiger partial charge in [-0.3, -0.25) is 4.79 Å². The highest BCUT2D eigenvalue weighted by Gasteiger charge is 2.30. The summed E-state index contributed by atoms with van der Waals surface area (Å²) in [7, 11) is 0. The number of fused-ring (bicyclic) bond motifs is 1. The molecule has 1 amide bonds. The summed E-state index contributed by atoms with van der Waals surface area (Å²) in [4.78, 5) is 19.6. The van der Waals surface area contributed by atoms with Crippen LogP contribution in [0.15, 0.2) is 60.9 Å². The summed E-state index contributed by atoms with van der Waals surface area (Å²) in [6, 6.07) is 13.1. The number of benzene rings is 2. The zero-order chi connectivity index (χ0) is 25.8. The molecule has 192 valence electrons. The van der Waals surface area contributed by atoms with Crippen molar-refractivity contribution in [2.75, 3.05) is 24.6 Å². The largest absolute Gasteiger partial charge is 0.396 e. The quantitative estimate of drug-likeness (QED) is 0.333. The maximum Gasteiger partial charge on any atom is 0.256 e. The van der Waals surface area contributed by atoms with Crippen molar-refractivity contribution in [2.24, 2.45) is 0 Å². The summed E-state index contributed by atoms with van der Waals surface area (Å²) in [6.45, 7) is 1.29. The molecule has 5 rings (SSSR count). The molecule has 0 saturated carbocycles. The molecule has 0 radical (unpaired) electrons. The maximum absolute atomic E-state index is 14.5. The van der Waals surface area contributed by atoms with Gasteiger partial charge in [0.05, 0.1) is 12.2 Å². The Balaban J connectivity index is 1.26. The predicted octanol–water partition coefficient (Wildman–Crippen LogP) is 4.25. The van der Waals surface area contributed by atoms with Gasteiger partial charge in [-0.15, -0.1) is 0 Å². The second-order valence-electron chi connectivity index (χ2n) is 9.28. The molecule has 1 saturated heterocycles. The Morgan fingerprint density at radius 1 is 1.08 bits per heavy atom. The monoisotopic (exact) mass is 505 g/mol. The standard InChI is InChI=1S/C28H29F2N5O2/c29-21-9-10-24(30)22(17-21)25-4-2-14-34(25)26-11-15-35-27(33-26)23(18-32-35)28(37)31-13-1-3-19-5-7-20(8-6-19)12-16-36/h5-11,15,17-18,25,36H,1-4,12-14,16H2,(H,31,37)/t25-/m1/s1. The summed E-state index contributed by atoms with van der Waals surface area (Å²) in [5.74, 6) is -0.574. The van der Waals surface area contributed by atoms with E-state index < -0.39 is 11.6 Å². The normalized spacial score (nSPS) is 15.4. The van der Waals surface area contributed by atoms with Gasteiger partial charge < -0.3 is 15.3 Å². The molecule has 0 spiro atoms. The minimum absolute atomic E-state index is 0.134. The van der Waals surface area contributed by atoms with Gasteiger partial charge in [0, 0.05) is 31.5 Å². The first-order valence-corrected chi connectivity index (χ1v) is 12.6. The average molecular weight is 506 g/mol. The molecule has 1 atom stereocenters. The van der Waals surface area contributed by atoms with E-state index in [4.69, 9.17) is 10.1 Å². The van der Waals surface area contributed by atoms with Crippen molar-refractivity contribution >= 4 is 17.4 Å². The number of amides is 1. The molecule has 0 bridgehead atoms. The fourth-order valence-corrected chi connectivity index (χ4v) is 4.91. The Hall–Kier alpha value is -3.85. The van der Waals surface area contributed by atoms with E-state index in [0.29, 0.717) is 48.5 Å². The van der Waals surface area contributed by atoms with Crippen LogP contribution in [0.1, 0.15) is 52.4 Å². The van der Waals surface area contributed by atoms with E-state index >= 15 is 0 Å². The third kappa shape index (κ3) is 5.46. The first-order valence-electron chi connectivity index (χ1n) is 12.6. The van der Waals surface area contributed by atoms with Crippen molar-refractivity contribution in [3.63, 3.8) is 0 Å². The topological polar surface area (TPSA) is 82.8 Å². The lowest BCUT2D eigenvalue weighted by molar-refractivity contribution is 0.0954. The number of aryl methyl sites for hydroxylation is 1. The van der Waals surface area contributed by atoms with Crippen molar-refractivity contribution < 1.29 is 18.7 Å². The molecule has 1 fully saturated rings. The molecule has 1 aliphatic heterocycles. The van der Waals surface area contributed by atoms with Crippen molar-refractivity contribution in [3.05, 3.63) is 94.8 Å². The van der Waals surface area contributed by atoms with E-state index in [2.05, 4.69) is 10.4 Å². The van der Waals surface area contributed by atoms with E-state index in [1.807, 2.05) is 29.2 Å². The van der Waals surface area contributed by atoms with Gasteiger partial charge in [-0.2, -0.15) is 5.10 Å². The molecule has 2 aromatic carbocycles. The first kappa shape index (κ1) is 24.8. The van der Waals surface area contributed by atoms with Gasteiger partial charge in [-0.1, -0.05) is 24.3 Å². The van der Waals surface area contributed by atoms with E-state index in [9.17, 15) is 13.6 Å². The summed E-state index contributed by atoms with van der Waals surface area (Å²) in [5.41, 5.74) is 3.37. The zero-order valence-corrected chi connectivity index (χ0v) is 20.4. The highest BCUT2D eigenvalue weighted by Crippen LogP contribution is 2.36. The lowest BCUT2D eigenvalue weighted by Crippen LogP contribution is -2.26. The van der Waals surface area contributed by atoms with Crippen LogP contribution in [0.5, 0.6) is 0 Å². The Morgan fingerprint density at radius 3 is 2.65 bits per heavy atom. The highest BCUT2D eigenvalue weighted by molar-refractivity contribution is 5.99. The molecular formula is C28H29F2N5O2. The predicted molar refractivity (Wildman–Crippen MR) is 137 cm³/mol. The fraction of sp³-hybridized carbons (Fsp3) is 0.321. The zero-order valence-electron chi connectivity index (χ0n) is 20.4. The number of rotatable bonds is 9. The van der Waals surface area contributed by atoms with Crippen molar-refractivity contribution in [2.45, 2.75) is 38.1 Å².